The van der Waals surface area contributed by atoms with Crippen LogP contribution in [0.4, 0.5) is 34.6 Å². The number of rotatable bonds is 4. The lowest BCUT2D eigenvalue weighted by Gasteiger charge is -2.31. The van der Waals surface area contributed by atoms with Crippen LogP contribution >= 0.6 is 0 Å². The molecule has 1 aliphatic heterocycles. The van der Waals surface area contributed by atoms with Crippen molar-refractivity contribution >= 4 is 28.9 Å². The minimum atomic E-state index is -4.93. The van der Waals surface area contributed by atoms with E-state index in [0.29, 0.717) is 11.0 Å². The van der Waals surface area contributed by atoms with E-state index in [-0.39, 0.29) is 11.4 Å². The van der Waals surface area contributed by atoms with Crippen molar-refractivity contribution in [3.05, 3.63) is 58.4 Å². The number of carbonyl (C=O) groups is 2. The number of halogens is 4. The number of non-ortho nitro benzene ring substituents is 1. The molecule has 0 spiro atoms. The maximum absolute atomic E-state index is 13.9. The number of nitrogens with one attached hydrogen (secondary N) is 1. The predicted molar refractivity (Wildman–Crippen MR) is 95.6 cm³/mol. The van der Waals surface area contributed by atoms with Gasteiger partial charge in [-0.25, -0.2) is 4.39 Å². The van der Waals surface area contributed by atoms with Gasteiger partial charge in [-0.2, -0.15) is 13.2 Å². The number of nitrogens with zero attached hydrogens (tertiary/aromatic N) is 2. The number of carbonyl (C=O) groups excluding carboxylic acids is 2. The number of nitro benzene ring substituents is 1. The molecule has 2 amide bonds. The lowest BCUT2D eigenvalue weighted by Crippen LogP contribution is -2.51. The molecule has 0 saturated carbocycles. The molecule has 1 heterocycles. The van der Waals surface area contributed by atoms with Gasteiger partial charge in [-0.15, -0.1) is 0 Å². The van der Waals surface area contributed by atoms with Gasteiger partial charge in [-0.3, -0.25) is 24.6 Å². The van der Waals surface area contributed by atoms with E-state index in [1.807, 2.05) is 0 Å². The van der Waals surface area contributed by atoms with Crippen LogP contribution in [0.5, 0.6) is 5.75 Å². The summed E-state index contributed by atoms with van der Waals surface area (Å²) in [5, 5.41) is 13.0. The Morgan fingerprint density at radius 2 is 1.97 bits per heavy atom. The van der Waals surface area contributed by atoms with Crippen molar-refractivity contribution in [2.45, 2.75) is 18.6 Å². The summed E-state index contributed by atoms with van der Waals surface area (Å²) < 4.78 is 59.7. The van der Waals surface area contributed by atoms with Gasteiger partial charge in [0.1, 0.15) is 6.04 Å². The van der Waals surface area contributed by atoms with Crippen LogP contribution in [0.1, 0.15) is 6.42 Å². The van der Waals surface area contributed by atoms with Crippen LogP contribution in [0.3, 0.4) is 0 Å². The first-order valence-electron chi connectivity index (χ1n) is 8.42. The van der Waals surface area contributed by atoms with Gasteiger partial charge in [0.25, 0.3) is 11.6 Å². The van der Waals surface area contributed by atoms with E-state index in [1.54, 1.807) is 0 Å². The van der Waals surface area contributed by atoms with E-state index in [4.69, 9.17) is 4.74 Å². The molecule has 12 heteroatoms. The van der Waals surface area contributed by atoms with Crippen molar-refractivity contribution in [3.8, 4) is 5.75 Å². The molecule has 1 unspecified atom stereocenters. The van der Waals surface area contributed by atoms with E-state index in [2.05, 4.69) is 5.32 Å². The molecule has 30 heavy (non-hydrogen) atoms. The third-order valence-electron chi connectivity index (χ3n) is 4.25. The maximum Gasteiger partial charge on any atom is 0.409 e. The number of para-hydroxylation sites is 2. The van der Waals surface area contributed by atoms with E-state index in [1.165, 1.54) is 24.3 Å². The van der Waals surface area contributed by atoms with Crippen LogP contribution in [0.2, 0.25) is 0 Å². The van der Waals surface area contributed by atoms with Gasteiger partial charge in [0.2, 0.25) is 5.91 Å². The summed E-state index contributed by atoms with van der Waals surface area (Å²) in [6.07, 6.45) is -5.96. The number of hydrogen-bond acceptors (Lipinski definition) is 5. The molecule has 1 N–H and O–H groups in total. The van der Waals surface area contributed by atoms with Gasteiger partial charge in [-0.05, 0) is 18.2 Å². The van der Waals surface area contributed by atoms with Crippen molar-refractivity contribution in [3.63, 3.8) is 0 Å². The van der Waals surface area contributed by atoms with E-state index >= 15 is 0 Å². The molecule has 0 bridgehead atoms. The van der Waals surface area contributed by atoms with Crippen molar-refractivity contribution in [2.24, 2.45) is 0 Å². The molecular weight excluding hydrogens is 414 g/mol. The standard InChI is InChI=1S/C18H13F4N3O5/c19-11-7-10(25(28)29)5-6-14(11)30-9-17(27)24-13-4-2-1-3-12(13)23-16(26)8-15(24)18(20,21)22/h1-7,15H,8-9H2,(H,23,26). The molecule has 3 rings (SSSR count). The number of benzene rings is 2. The van der Waals surface area contributed by atoms with Gasteiger partial charge in [0.15, 0.2) is 18.2 Å². The molecule has 8 nitrogen and oxygen atoms in total. The van der Waals surface area contributed by atoms with Gasteiger partial charge in [0.05, 0.1) is 28.8 Å². The molecule has 1 atom stereocenters. The first-order chi connectivity index (χ1) is 14.1. The Balaban J connectivity index is 1.90. The van der Waals surface area contributed by atoms with E-state index < -0.39 is 59.2 Å². The highest BCUT2D eigenvalue weighted by molar-refractivity contribution is 6.05. The Bertz CT molecular complexity index is 1010. The zero-order valence-corrected chi connectivity index (χ0v) is 15.0. The zero-order valence-electron chi connectivity index (χ0n) is 15.0. The van der Waals surface area contributed by atoms with Crippen LogP contribution in [0.25, 0.3) is 0 Å². The third kappa shape index (κ3) is 4.31. The molecule has 2 aromatic carbocycles. The number of hydrogen-bond donors (Lipinski definition) is 1. The third-order valence-corrected chi connectivity index (χ3v) is 4.25. The quantitative estimate of drug-likeness (QED) is 0.458. The van der Waals surface area contributed by atoms with Crippen molar-refractivity contribution in [1.82, 2.24) is 0 Å². The first kappa shape index (κ1) is 21.0. The number of amides is 2. The Labute approximate surface area is 166 Å². The number of nitro groups is 1. The predicted octanol–water partition coefficient (Wildman–Crippen LogP) is 3.42. The number of alkyl halides is 3. The second kappa shape index (κ2) is 7.97. The summed E-state index contributed by atoms with van der Waals surface area (Å²) in [6, 6.07) is 5.34. The van der Waals surface area contributed by atoms with Crippen LogP contribution in [-0.2, 0) is 9.59 Å². The van der Waals surface area contributed by atoms with Gasteiger partial charge < -0.3 is 10.1 Å². The van der Waals surface area contributed by atoms with Crippen LogP contribution in [0, 0.1) is 15.9 Å². The second-order valence-corrected chi connectivity index (χ2v) is 6.25. The number of fused-ring (bicyclic) bond motifs is 1. The largest absolute Gasteiger partial charge is 0.481 e. The minimum Gasteiger partial charge on any atom is -0.481 e. The second-order valence-electron chi connectivity index (χ2n) is 6.25. The lowest BCUT2D eigenvalue weighted by atomic mass is 10.1. The van der Waals surface area contributed by atoms with Gasteiger partial charge in [0, 0.05) is 6.07 Å². The minimum absolute atomic E-state index is 0.00381. The molecule has 0 fully saturated rings. The summed E-state index contributed by atoms with van der Waals surface area (Å²) in [5.74, 6) is -3.81. The molecule has 0 saturated heterocycles. The van der Waals surface area contributed by atoms with Crippen molar-refractivity contribution in [2.75, 3.05) is 16.8 Å². The van der Waals surface area contributed by atoms with E-state index in [9.17, 15) is 37.3 Å². The average Bonchev–Trinajstić information content (AvgIpc) is 2.82. The summed E-state index contributed by atoms with van der Waals surface area (Å²) in [4.78, 5) is 34.7. The number of ether oxygens (including phenoxy) is 1. The van der Waals surface area contributed by atoms with Gasteiger partial charge >= 0.3 is 6.18 Å². The lowest BCUT2D eigenvalue weighted by molar-refractivity contribution is -0.385. The topological polar surface area (TPSA) is 102 Å². The fourth-order valence-electron chi connectivity index (χ4n) is 2.93. The maximum atomic E-state index is 13.9. The highest BCUT2D eigenvalue weighted by atomic mass is 19.4. The normalized spacial score (nSPS) is 16.3. The van der Waals surface area contributed by atoms with Crippen LogP contribution in [-0.4, -0.2) is 35.6 Å². The van der Waals surface area contributed by atoms with E-state index in [0.717, 1.165) is 12.1 Å². The van der Waals surface area contributed by atoms with Crippen LogP contribution < -0.4 is 15.0 Å². The molecule has 1 aliphatic rings. The number of anilines is 2. The molecule has 0 aliphatic carbocycles. The fourth-order valence-corrected chi connectivity index (χ4v) is 2.93. The Hall–Kier alpha value is -3.70. The molecule has 0 aromatic heterocycles. The Kier molecular flexibility index (Phi) is 5.58. The monoisotopic (exact) mass is 427 g/mol. The van der Waals surface area contributed by atoms with Crippen LogP contribution in [0.15, 0.2) is 42.5 Å². The Morgan fingerprint density at radius 3 is 2.60 bits per heavy atom. The smallest absolute Gasteiger partial charge is 0.409 e. The highest BCUT2D eigenvalue weighted by Gasteiger charge is 2.49. The SMILES string of the molecule is O=C1CC(C(F)(F)F)N(C(=O)COc2ccc([N+](=O)[O-])cc2F)c2ccccc2N1. The zero-order chi connectivity index (χ0) is 22.1. The molecular formula is C18H13F4N3O5. The molecule has 0 radical (unpaired) electrons. The first-order valence-corrected chi connectivity index (χ1v) is 8.42. The summed E-state index contributed by atoms with van der Waals surface area (Å²) in [6.45, 7) is -0.996. The highest BCUT2D eigenvalue weighted by Crippen LogP contribution is 2.37. The fraction of sp³-hybridized carbons (Fsp3) is 0.222. The molecule has 2 aromatic rings. The Morgan fingerprint density at radius 1 is 1.27 bits per heavy atom. The van der Waals surface area contributed by atoms with Crippen molar-refractivity contribution in [1.29, 1.82) is 0 Å². The summed E-state index contributed by atoms with van der Waals surface area (Å²) in [5.41, 5.74) is -0.748. The molecule has 158 valence electrons. The summed E-state index contributed by atoms with van der Waals surface area (Å²) >= 11 is 0. The average molecular weight is 427 g/mol. The van der Waals surface area contributed by atoms with Gasteiger partial charge in [-0.1, -0.05) is 12.1 Å². The summed E-state index contributed by atoms with van der Waals surface area (Å²) in [7, 11) is 0. The van der Waals surface area contributed by atoms with Crippen molar-refractivity contribution < 1.29 is 36.8 Å².